The maximum atomic E-state index is 12.3. The molecule has 1 heterocycles. The van der Waals surface area contributed by atoms with Gasteiger partial charge in [0.15, 0.2) is 0 Å². The average molecular weight is 361 g/mol. The fourth-order valence-electron chi connectivity index (χ4n) is 3.21. The zero-order valence-corrected chi connectivity index (χ0v) is 15.0. The van der Waals surface area contributed by atoms with Crippen LogP contribution in [0, 0.1) is 0 Å². The SMILES string of the molecule is O=C(SC(=O)N1CCN(C(=O)NC2CCCC2)CC1)c1ccccc1. The lowest BCUT2D eigenvalue weighted by molar-refractivity contribution is 0.108. The molecule has 0 bridgehead atoms. The van der Waals surface area contributed by atoms with E-state index in [0.717, 1.165) is 24.6 Å². The molecule has 0 spiro atoms. The van der Waals surface area contributed by atoms with Crippen molar-refractivity contribution in [2.75, 3.05) is 26.2 Å². The van der Waals surface area contributed by atoms with Crippen LogP contribution in [0.2, 0.25) is 0 Å². The van der Waals surface area contributed by atoms with Gasteiger partial charge in [0.2, 0.25) is 5.12 Å². The van der Waals surface area contributed by atoms with Gasteiger partial charge in [-0.25, -0.2) is 4.79 Å². The molecule has 1 aromatic rings. The van der Waals surface area contributed by atoms with Crippen LogP contribution in [0.3, 0.4) is 0 Å². The van der Waals surface area contributed by atoms with Crippen LogP contribution >= 0.6 is 11.8 Å². The van der Waals surface area contributed by atoms with Crippen molar-refractivity contribution in [3.63, 3.8) is 0 Å². The van der Waals surface area contributed by atoms with Crippen molar-refractivity contribution in [3.8, 4) is 0 Å². The fourth-order valence-corrected chi connectivity index (χ4v) is 3.93. The zero-order chi connectivity index (χ0) is 17.6. The predicted molar refractivity (Wildman–Crippen MR) is 97.7 cm³/mol. The molecule has 134 valence electrons. The first kappa shape index (κ1) is 17.8. The van der Waals surface area contributed by atoms with Gasteiger partial charge in [-0.3, -0.25) is 9.59 Å². The highest BCUT2D eigenvalue weighted by molar-refractivity contribution is 8.26. The summed E-state index contributed by atoms with van der Waals surface area (Å²) in [5.41, 5.74) is 0.524. The summed E-state index contributed by atoms with van der Waals surface area (Å²) in [5, 5.41) is 2.58. The third kappa shape index (κ3) is 4.75. The lowest BCUT2D eigenvalue weighted by Crippen LogP contribution is -2.53. The van der Waals surface area contributed by atoms with Gasteiger partial charge in [-0.2, -0.15) is 0 Å². The summed E-state index contributed by atoms with van der Waals surface area (Å²) >= 11 is 0.724. The van der Waals surface area contributed by atoms with Crippen LogP contribution in [-0.4, -0.2) is 58.4 Å². The molecule has 0 radical (unpaired) electrons. The van der Waals surface area contributed by atoms with Crippen LogP contribution in [-0.2, 0) is 0 Å². The Kier molecular flexibility index (Phi) is 5.96. The van der Waals surface area contributed by atoms with Crippen LogP contribution in [0.1, 0.15) is 36.0 Å². The molecule has 1 aliphatic carbocycles. The fraction of sp³-hybridized carbons (Fsp3) is 0.500. The Morgan fingerprint density at radius 2 is 1.52 bits per heavy atom. The monoisotopic (exact) mass is 361 g/mol. The Labute approximate surface area is 151 Å². The second kappa shape index (κ2) is 8.38. The highest BCUT2D eigenvalue weighted by Crippen LogP contribution is 2.19. The van der Waals surface area contributed by atoms with Gasteiger partial charge in [-0.05, 0) is 12.8 Å². The third-order valence-corrected chi connectivity index (χ3v) is 5.55. The number of carbonyl (C=O) groups excluding carboxylic acids is 3. The van der Waals surface area contributed by atoms with Gasteiger partial charge in [0.25, 0.3) is 5.24 Å². The number of carbonyl (C=O) groups is 3. The normalized spacial score (nSPS) is 18.2. The molecule has 0 aromatic heterocycles. The maximum absolute atomic E-state index is 12.3. The molecule has 1 N–H and O–H groups in total. The number of nitrogens with zero attached hydrogens (tertiary/aromatic N) is 2. The molecule has 6 nitrogen and oxygen atoms in total. The molecule has 1 aromatic carbocycles. The minimum absolute atomic E-state index is 0.0352. The second-order valence-corrected chi connectivity index (χ2v) is 7.35. The molecule has 25 heavy (non-hydrogen) atoms. The lowest BCUT2D eigenvalue weighted by Gasteiger charge is -2.34. The number of nitrogens with one attached hydrogen (secondary N) is 1. The van der Waals surface area contributed by atoms with E-state index >= 15 is 0 Å². The zero-order valence-electron chi connectivity index (χ0n) is 14.1. The van der Waals surface area contributed by atoms with Crippen LogP contribution in [0.4, 0.5) is 9.59 Å². The van der Waals surface area contributed by atoms with Crippen LogP contribution in [0.25, 0.3) is 0 Å². The van der Waals surface area contributed by atoms with Crippen molar-refractivity contribution in [2.45, 2.75) is 31.7 Å². The van der Waals surface area contributed by atoms with E-state index in [-0.39, 0.29) is 16.4 Å². The van der Waals surface area contributed by atoms with E-state index in [4.69, 9.17) is 0 Å². The number of rotatable bonds is 2. The quantitative estimate of drug-likeness (QED) is 0.879. The molecule has 0 atom stereocenters. The van der Waals surface area contributed by atoms with E-state index in [1.807, 2.05) is 6.07 Å². The van der Waals surface area contributed by atoms with Gasteiger partial charge in [-0.15, -0.1) is 0 Å². The summed E-state index contributed by atoms with van der Waals surface area (Å²) < 4.78 is 0. The summed E-state index contributed by atoms with van der Waals surface area (Å²) in [6.45, 7) is 1.94. The molecular weight excluding hydrogens is 338 g/mol. The van der Waals surface area contributed by atoms with E-state index in [2.05, 4.69) is 5.32 Å². The standard InChI is InChI=1S/C18H23N3O3S/c22-16(14-6-2-1-3-7-14)25-18(24)21-12-10-20(11-13-21)17(23)19-15-8-4-5-9-15/h1-3,6-7,15H,4-5,8-13H2,(H,19,23). The minimum atomic E-state index is -0.246. The predicted octanol–water partition coefficient (Wildman–Crippen LogP) is 2.95. The van der Waals surface area contributed by atoms with E-state index in [0.29, 0.717) is 37.8 Å². The Morgan fingerprint density at radius 1 is 0.920 bits per heavy atom. The summed E-state index contributed by atoms with van der Waals surface area (Å²) in [6, 6.07) is 9.05. The van der Waals surface area contributed by atoms with Crippen molar-refractivity contribution < 1.29 is 14.4 Å². The molecule has 2 fully saturated rings. The van der Waals surface area contributed by atoms with Gasteiger partial charge in [0.1, 0.15) is 0 Å². The number of thioether (sulfide) groups is 1. The first-order valence-electron chi connectivity index (χ1n) is 8.75. The van der Waals surface area contributed by atoms with E-state index in [9.17, 15) is 14.4 Å². The molecule has 3 rings (SSSR count). The number of hydrogen-bond donors (Lipinski definition) is 1. The van der Waals surface area contributed by atoms with Crippen LogP contribution in [0.15, 0.2) is 30.3 Å². The van der Waals surface area contributed by atoms with Gasteiger partial charge in [0, 0.05) is 49.5 Å². The molecular formula is C18H23N3O3S. The molecule has 3 amide bonds. The largest absolute Gasteiger partial charge is 0.335 e. The Morgan fingerprint density at radius 3 is 2.16 bits per heavy atom. The molecule has 2 aliphatic rings. The molecule has 1 saturated carbocycles. The summed E-state index contributed by atoms with van der Waals surface area (Å²) in [5.74, 6) is 0. The van der Waals surface area contributed by atoms with Gasteiger partial charge in [0.05, 0.1) is 0 Å². The Balaban J connectivity index is 1.44. The molecule has 1 saturated heterocycles. The van der Waals surface area contributed by atoms with Crippen molar-refractivity contribution in [3.05, 3.63) is 35.9 Å². The van der Waals surface area contributed by atoms with Crippen molar-refractivity contribution in [1.82, 2.24) is 15.1 Å². The topological polar surface area (TPSA) is 69.7 Å². The van der Waals surface area contributed by atoms with Crippen molar-refractivity contribution in [1.29, 1.82) is 0 Å². The second-order valence-electron chi connectivity index (χ2n) is 6.43. The van der Waals surface area contributed by atoms with Gasteiger partial charge in [-0.1, -0.05) is 43.2 Å². The lowest BCUT2D eigenvalue weighted by atomic mass is 10.2. The van der Waals surface area contributed by atoms with E-state index in [1.165, 1.54) is 12.8 Å². The first-order chi connectivity index (χ1) is 12.1. The Bertz CT molecular complexity index is 624. The smallest absolute Gasteiger partial charge is 0.317 e. The highest BCUT2D eigenvalue weighted by Gasteiger charge is 2.27. The summed E-state index contributed by atoms with van der Waals surface area (Å²) in [4.78, 5) is 40.0. The summed E-state index contributed by atoms with van der Waals surface area (Å²) in [7, 11) is 0. The van der Waals surface area contributed by atoms with E-state index in [1.54, 1.807) is 34.1 Å². The molecule has 1 aliphatic heterocycles. The Hall–Kier alpha value is -2.02. The maximum Gasteiger partial charge on any atom is 0.317 e. The minimum Gasteiger partial charge on any atom is -0.335 e. The number of urea groups is 1. The average Bonchev–Trinajstić information content (AvgIpc) is 3.15. The number of piperazine rings is 1. The summed E-state index contributed by atoms with van der Waals surface area (Å²) in [6.07, 6.45) is 4.48. The number of benzene rings is 1. The molecule has 0 unspecified atom stereocenters. The first-order valence-corrected chi connectivity index (χ1v) is 9.57. The third-order valence-electron chi connectivity index (χ3n) is 4.70. The van der Waals surface area contributed by atoms with E-state index < -0.39 is 0 Å². The van der Waals surface area contributed by atoms with Gasteiger partial charge >= 0.3 is 6.03 Å². The van der Waals surface area contributed by atoms with Crippen molar-refractivity contribution in [2.24, 2.45) is 0 Å². The number of hydrogen-bond acceptors (Lipinski definition) is 4. The number of amides is 3. The van der Waals surface area contributed by atoms with Crippen LogP contribution in [0.5, 0.6) is 0 Å². The highest BCUT2D eigenvalue weighted by atomic mass is 32.2. The van der Waals surface area contributed by atoms with Crippen LogP contribution < -0.4 is 5.32 Å². The van der Waals surface area contributed by atoms with Gasteiger partial charge < -0.3 is 15.1 Å². The molecule has 7 heteroatoms. The van der Waals surface area contributed by atoms with Crippen molar-refractivity contribution >= 4 is 28.1 Å².